The number of carbonyl (C=O) groups is 1. The fourth-order valence-corrected chi connectivity index (χ4v) is 3.75. The van der Waals surface area contributed by atoms with Crippen molar-refractivity contribution in [2.75, 3.05) is 13.1 Å². The van der Waals surface area contributed by atoms with Gasteiger partial charge in [0.15, 0.2) is 5.76 Å². The highest BCUT2D eigenvalue weighted by molar-refractivity contribution is 5.91. The summed E-state index contributed by atoms with van der Waals surface area (Å²) in [6.07, 6.45) is 2.48. The molecule has 4 rings (SSSR count). The van der Waals surface area contributed by atoms with Crippen molar-refractivity contribution in [2.45, 2.75) is 39.8 Å². The third kappa shape index (κ3) is 3.87. The minimum absolute atomic E-state index is 0.195. The summed E-state index contributed by atoms with van der Waals surface area (Å²) in [5.41, 5.74) is 3.98. The van der Waals surface area contributed by atoms with Gasteiger partial charge in [-0.1, -0.05) is 18.2 Å². The van der Waals surface area contributed by atoms with E-state index in [2.05, 4.69) is 15.3 Å². The Balaban J connectivity index is 1.41. The van der Waals surface area contributed by atoms with Crippen molar-refractivity contribution in [3.63, 3.8) is 0 Å². The number of nitrogens with zero attached hydrogens (tertiary/aromatic N) is 3. The molecule has 1 aliphatic rings. The van der Waals surface area contributed by atoms with Crippen molar-refractivity contribution in [1.82, 2.24) is 20.0 Å². The van der Waals surface area contributed by atoms with Crippen molar-refractivity contribution < 1.29 is 9.21 Å². The van der Waals surface area contributed by atoms with Crippen molar-refractivity contribution in [2.24, 2.45) is 0 Å². The Kier molecular flexibility index (Phi) is 5.30. The van der Waals surface area contributed by atoms with Crippen LogP contribution in [0, 0.1) is 13.8 Å². The highest BCUT2D eigenvalue weighted by Crippen LogP contribution is 2.18. The van der Waals surface area contributed by atoms with Gasteiger partial charge in [0.05, 0.1) is 17.9 Å². The minimum Gasteiger partial charge on any atom is -0.455 e. The zero-order valence-corrected chi connectivity index (χ0v) is 16.4. The number of aryl methyl sites for hydroxylation is 1. The molecular weight excluding hydrogens is 352 g/mol. The van der Waals surface area contributed by atoms with Gasteiger partial charge >= 0.3 is 0 Å². The lowest BCUT2D eigenvalue weighted by molar-refractivity contribution is 0.0919. The maximum Gasteiger partial charge on any atom is 0.287 e. The summed E-state index contributed by atoms with van der Waals surface area (Å²) < 4.78 is 7.67. The quantitative estimate of drug-likeness (QED) is 0.712. The smallest absolute Gasteiger partial charge is 0.287 e. The molecule has 28 heavy (non-hydrogen) atoms. The van der Waals surface area contributed by atoms with E-state index in [-0.39, 0.29) is 5.91 Å². The summed E-state index contributed by atoms with van der Waals surface area (Å²) in [5.74, 6) is 1.01. The average molecular weight is 378 g/mol. The lowest BCUT2D eigenvalue weighted by Crippen LogP contribution is -2.23. The Bertz CT molecular complexity index is 952. The lowest BCUT2D eigenvalue weighted by atomic mass is 10.2. The van der Waals surface area contributed by atoms with E-state index >= 15 is 0 Å². The normalized spacial score (nSPS) is 14.5. The van der Waals surface area contributed by atoms with E-state index in [1.807, 2.05) is 54.9 Å². The van der Waals surface area contributed by atoms with Crippen LogP contribution in [0.25, 0.3) is 5.69 Å². The molecule has 1 amide bonds. The maximum absolute atomic E-state index is 12.5. The predicted molar refractivity (Wildman–Crippen MR) is 107 cm³/mol. The Morgan fingerprint density at radius 2 is 1.86 bits per heavy atom. The van der Waals surface area contributed by atoms with Crippen LogP contribution in [0.15, 0.2) is 46.9 Å². The van der Waals surface area contributed by atoms with Gasteiger partial charge in [0.1, 0.15) is 5.76 Å². The van der Waals surface area contributed by atoms with Gasteiger partial charge < -0.3 is 9.73 Å². The van der Waals surface area contributed by atoms with E-state index in [1.165, 1.54) is 12.8 Å². The molecule has 0 atom stereocenters. The molecule has 6 nitrogen and oxygen atoms in total. The Morgan fingerprint density at radius 3 is 2.61 bits per heavy atom. The van der Waals surface area contributed by atoms with E-state index in [1.54, 1.807) is 6.07 Å². The van der Waals surface area contributed by atoms with Crippen LogP contribution in [-0.2, 0) is 13.1 Å². The topological polar surface area (TPSA) is 63.3 Å². The number of carbonyl (C=O) groups excluding carboxylic acids is 1. The molecule has 0 unspecified atom stereocenters. The van der Waals surface area contributed by atoms with Crippen LogP contribution in [-0.4, -0.2) is 33.7 Å². The molecule has 1 aromatic carbocycles. The van der Waals surface area contributed by atoms with Crippen LogP contribution in [0.2, 0.25) is 0 Å². The third-order valence-electron chi connectivity index (χ3n) is 5.33. The first-order valence-corrected chi connectivity index (χ1v) is 9.81. The maximum atomic E-state index is 12.5. The van der Waals surface area contributed by atoms with Gasteiger partial charge in [-0.25, -0.2) is 4.68 Å². The molecule has 1 N–H and O–H groups in total. The van der Waals surface area contributed by atoms with Crippen LogP contribution in [0.5, 0.6) is 0 Å². The number of aromatic nitrogens is 2. The lowest BCUT2D eigenvalue weighted by Gasteiger charge is -2.11. The van der Waals surface area contributed by atoms with Gasteiger partial charge in [0, 0.05) is 17.8 Å². The molecule has 1 saturated heterocycles. The van der Waals surface area contributed by atoms with Crippen molar-refractivity contribution in [1.29, 1.82) is 0 Å². The number of hydrogen-bond acceptors (Lipinski definition) is 4. The Labute approximate surface area is 165 Å². The van der Waals surface area contributed by atoms with E-state index in [0.29, 0.717) is 12.3 Å². The number of furan rings is 1. The van der Waals surface area contributed by atoms with Crippen molar-refractivity contribution in [3.05, 3.63) is 70.9 Å². The summed E-state index contributed by atoms with van der Waals surface area (Å²) in [5, 5.41) is 7.60. The monoisotopic (exact) mass is 378 g/mol. The summed E-state index contributed by atoms with van der Waals surface area (Å²) in [6.45, 7) is 7.39. The van der Waals surface area contributed by atoms with E-state index in [9.17, 15) is 4.79 Å². The van der Waals surface area contributed by atoms with Crippen molar-refractivity contribution >= 4 is 5.91 Å². The Morgan fingerprint density at radius 1 is 1.11 bits per heavy atom. The highest BCUT2D eigenvalue weighted by Gasteiger charge is 2.18. The number of para-hydroxylation sites is 1. The number of likely N-dealkylation sites (tertiary alicyclic amines) is 1. The second-order valence-corrected chi connectivity index (χ2v) is 7.33. The van der Waals surface area contributed by atoms with Gasteiger partial charge in [0.25, 0.3) is 5.91 Å². The zero-order chi connectivity index (χ0) is 19.5. The number of benzene rings is 1. The summed E-state index contributed by atoms with van der Waals surface area (Å²) >= 11 is 0. The number of amides is 1. The second-order valence-electron chi connectivity index (χ2n) is 7.33. The molecule has 0 saturated carbocycles. The first-order chi connectivity index (χ1) is 13.6. The van der Waals surface area contributed by atoms with E-state index < -0.39 is 0 Å². The molecule has 1 fully saturated rings. The van der Waals surface area contributed by atoms with Gasteiger partial charge in [-0.2, -0.15) is 5.10 Å². The van der Waals surface area contributed by atoms with Crippen LogP contribution in [0.1, 0.15) is 46.1 Å². The second kappa shape index (κ2) is 8.02. The molecule has 146 valence electrons. The summed E-state index contributed by atoms with van der Waals surface area (Å²) in [4.78, 5) is 14.9. The summed E-state index contributed by atoms with van der Waals surface area (Å²) in [7, 11) is 0. The molecule has 0 spiro atoms. The average Bonchev–Trinajstić information content (AvgIpc) is 3.44. The van der Waals surface area contributed by atoms with Gasteiger partial charge in [-0.05, 0) is 64.0 Å². The van der Waals surface area contributed by atoms with E-state index in [0.717, 1.165) is 48.0 Å². The fraction of sp³-hybridized carbons (Fsp3) is 0.364. The molecule has 0 radical (unpaired) electrons. The fourth-order valence-electron chi connectivity index (χ4n) is 3.75. The largest absolute Gasteiger partial charge is 0.455 e. The van der Waals surface area contributed by atoms with Crippen LogP contribution in [0.4, 0.5) is 0 Å². The molecule has 2 aromatic heterocycles. The van der Waals surface area contributed by atoms with Crippen LogP contribution in [0.3, 0.4) is 0 Å². The SMILES string of the molecule is Cc1nn(-c2ccccc2)c(C)c1CNC(=O)c1ccc(CN2CCCC2)o1. The highest BCUT2D eigenvalue weighted by atomic mass is 16.4. The molecule has 3 heterocycles. The van der Waals surface area contributed by atoms with E-state index in [4.69, 9.17) is 4.42 Å². The zero-order valence-electron chi connectivity index (χ0n) is 16.4. The third-order valence-corrected chi connectivity index (χ3v) is 5.33. The van der Waals surface area contributed by atoms with Gasteiger partial charge in [0.2, 0.25) is 0 Å². The summed E-state index contributed by atoms with van der Waals surface area (Å²) in [6, 6.07) is 13.7. The minimum atomic E-state index is -0.195. The molecule has 0 aliphatic carbocycles. The number of hydrogen-bond donors (Lipinski definition) is 1. The molecule has 1 aliphatic heterocycles. The number of nitrogens with one attached hydrogen (secondary N) is 1. The molecule has 6 heteroatoms. The van der Waals surface area contributed by atoms with Crippen molar-refractivity contribution in [3.8, 4) is 5.69 Å². The van der Waals surface area contributed by atoms with Crippen LogP contribution < -0.4 is 5.32 Å². The standard InChI is InChI=1S/C22H26N4O2/c1-16-20(17(2)26(24-16)18-8-4-3-5-9-18)14-23-22(27)21-11-10-19(28-21)15-25-12-6-7-13-25/h3-5,8-11H,6-7,12-15H2,1-2H3,(H,23,27). The predicted octanol–water partition coefficient (Wildman–Crippen LogP) is 3.61. The first-order valence-electron chi connectivity index (χ1n) is 9.81. The Hall–Kier alpha value is -2.86. The number of rotatable bonds is 6. The molecule has 3 aromatic rings. The van der Waals surface area contributed by atoms with Gasteiger partial charge in [-0.3, -0.25) is 9.69 Å². The molecule has 0 bridgehead atoms. The van der Waals surface area contributed by atoms with Crippen LogP contribution >= 0.6 is 0 Å². The molecular formula is C22H26N4O2. The van der Waals surface area contributed by atoms with Gasteiger partial charge in [-0.15, -0.1) is 0 Å². The first kappa shape index (κ1) is 18.5.